The predicted molar refractivity (Wildman–Crippen MR) is 198 cm³/mol. The SMILES string of the molecule is Cc1cc(C)cc(-c2ccccc2-c2c[c-]c(-c3ccc(-c4nc(-c5ccc(C(C)(C)C)cc5)nc(C(C)(C)C)n4)cn3)cc2Br)c1.[Ir]. The van der Waals surface area contributed by atoms with Gasteiger partial charge in [-0.1, -0.05) is 163 Å². The molecule has 6 heteroatoms. The van der Waals surface area contributed by atoms with E-state index in [0.717, 1.165) is 43.8 Å². The third-order valence-corrected chi connectivity index (χ3v) is 8.92. The molecule has 0 saturated carbocycles. The van der Waals surface area contributed by atoms with Crippen LogP contribution in [0.1, 0.15) is 64.1 Å². The zero-order chi connectivity index (χ0) is 33.5. The molecule has 0 atom stereocenters. The van der Waals surface area contributed by atoms with Crippen LogP contribution in [-0.2, 0) is 30.9 Å². The zero-order valence-electron chi connectivity index (χ0n) is 28.7. The van der Waals surface area contributed by atoms with Crippen LogP contribution in [0, 0.1) is 19.9 Å². The number of pyridine rings is 1. The van der Waals surface area contributed by atoms with E-state index in [9.17, 15) is 0 Å². The normalized spacial score (nSPS) is 11.7. The first-order valence-corrected chi connectivity index (χ1v) is 16.8. The maximum atomic E-state index is 4.91. The van der Waals surface area contributed by atoms with E-state index in [-0.39, 0.29) is 30.9 Å². The monoisotopic (exact) mass is 872 g/mol. The number of halogens is 1. The summed E-state index contributed by atoms with van der Waals surface area (Å²) in [5.41, 5.74) is 11.8. The predicted octanol–water partition coefficient (Wildman–Crippen LogP) is 11.4. The number of aromatic nitrogens is 4. The first-order chi connectivity index (χ1) is 22.3. The van der Waals surface area contributed by atoms with E-state index in [1.54, 1.807) is 0 Å². The molecule has 245 valence electrons. The number of rotatable bonds is 5. The van der Waals surface area contributed by atoms with Gasteiger partial charge >= 0.3 is 0 Å². The van der Waals surface area contributed by atoms with Crippen molar-refractivity contribution in [1.29, 1.82) is 0 Å². The molecular formula is C42H40BrIrN4-. The molecule has 0 aliphatic rings. The van der Waals surface area contributed by atoms with Crippen LogP contribution in [0.5, 0.6) is 0 Å². The van der Waals surface area contributed by atoms with Crippen LogP contribution in [0.3, 0.4) is 0 Å². The molecule has 0 N–H and O–H groups in total. The first-order valence-electron chi connectivity index (χ1n) is 16.0. The third kappa shape index (κ3) is 7.73. The molecule has 0 fully saturated rings. The Hall–Kier alpha value is -3.83. The van der Waals surface area contributed by atoms with Crippen LogP contribution in [0.15, 0.2) is 102 Å². The topological polar surface area (TPSA) is 51.6 Å². The fraction of sp³-hybridized carbons (Fsp3) is 0.238. The number of hydrogen-bond acceptors (Lipinski definition) is 4. The summed E-state index contributed by atoms with van der Waals surface area (Å²) in [7, 11) is 0. The van der Waals surface area contributed by atoms with Crippen LogP contribution in [-0.4, -0.2) is 19.9 Å². The summed E-state index contributed by atoms with van der Waals surface area (Å²) in [6.07, 6.45) is 1.84. The summed E-state index contributed by atoms with van der Waals surface area (Å²) in [5, 5.41) is 0. The molecule has 1 radical (unpaired) electrons. The first kappa shape index (κ1) is 35.5. The molecule has 0 aliphatic heterocycles. The Labute approximate surface area is 307 Å². The fourth-order valence-corrected chi connectivity index (χ4v) is 6.25. The average Bonchev–Trinajstić information content (AvgIpc) is 3.03. The molecule has 4 aromatic carbocycles. The molecule has 0 bridgehead atoms. The van der Waals surface area contributed by atoms with Gasteiger partial charge in [0.2, 0.25) is 0 Å². The standard InChI is InChI=1S/C42H40BrN4.Ir/c1-26-21-27(2)23-31(22-26)33-11-9-10-12-34(33)35-19-15-29(24-36(35)43)37-20-16-30(25-44-37)39-45-38(46-40(47-39)42(6,7)8)28-13-17-32(18-14-28)41(3,4)5;/h9-14,16-25H,1-8H3;/q-1;. The summed E-state index contributed by atoms with van der Waals surface area (Å²) in [5.74, 6) is 2.02. The van der Waals surface area contributed by atoms with Gasteiger partial charge in [0, 0.05) is 42.8 Å². The van der Waals surface area contributed by atoms with Gasteiger partial charge in [-0.2, -0.15) is 0 Å². The Morgan fingerprint density at radius 1 is 0.604 bits per heavy atom. The molecule has 4 nitrogen and oxygen atoms in total. The minimum atomic E-state index is -0.245. The van der Waals surface area contributed by atoms with E-state index in [1.807, 2.05) is 18.3 Å². The van der Waals surface area contributed by atoms with Crippen molar-refractivity contribution in [3.63, 3.8) is 0 Å². The minimum absolute atomic E-state index is 0. The van der Waals surface area contributed by atoms with Gasteiger partial charge in [0.05, 0.1) is 0 Å². The van der Waals surface area contributed by atoms with Gasteiger partial charge in [-0.25, -0.2) is 15.0 Å². The Bertz CT molecular complexity index is 2050. The molecule has 48 heavy (non-hydrogen) atoms. The van der Waals surface area contributed by atoms with Crippen molar-refractivity contribution in [2.45, 2.75) is 66.2 Å². The van der Waals surface area contributed by atoms with Crippen LogP contribution >= 0.6 is 15.9 Å². The maximum Gasteiger partial charge on any atom is 0.165 e. The number of hydrogen-bond donors (Lipinski definition) is 0. The molecule has 0 spiro atoms. The van der Waals surface area contributed by atoms with Crippen molar-refractivity contribution in [2.75, 3.05) is 0 Å². The second-order valence-electron chi connectivity index (χ2n) is 14.3. The molecule has 6 aromatic rings. The van der Waals surface area contributed by atoms with Crippen molar-refractivity contribution in [3.8, 4) is 56.3 Å². The van der Waals surface area contributed by atoms with Crippen molar-refractivity contribution in [3.05, 3.63) is 130 Å². The second kappa shape index (κ2) is 14.0. The Morgan fingerprint density at radius 2 is 1.21 bits per heavy atom. The van der Waals surface area contributed by atoms with Gasteiger partial charge in [-0.15, -0.1) is 23.8 Å². The van der Waals surface area contributed by atoms with E-state index in [2.05, 4.69) is 156 Å². The van der Waals surface area contributed by atoms with Gasteiger partial charge < -0.3 is 4.98 Å². The zero-order valence-corrected chi connectivity index (χ0v) is 32.7. The average molecular weight is 873 g/mol. The van der Waals surface area contributed by atoms with E-state index in [1.165, 1.54) is 27.8 Å². The van der Waals surface area contributed by atoms with E-state index >= 15 is 0 Å². The van der Waals surface area contributed by atoms with Gasteiger partial charge in [0.15, 0.2) is 11.6 Å². The quantitative estimate of drug-likeness (QED) is 0.162. The molecule has 0 aliphatic carbocycles. The van der Waals surface area contributed by atoms with E-state index < -0.39 is 0 Å². The van der Waals surface area contributed by atoms with Gasteiger partial charge in [-0.3, -0.25) is 0 Å². The second-order valence-corrected chi connectivity index (χ2v) is 15.2. The molecule has 0 amide bonds. The smallest absolute Gasteiger partial charge is 0.165 e. The van der Waals surface area contributed by atoms with Crippen LogP contribution in [0.25, 0.3) is 56.3 Å². The van der Waals surface area contributed by atoms with Crippen LogP contribution in [0.2, 0.25) is 0 Å². The van der Waals surface area contributed by atoms with Crippen molar-refractivity contribution < 1.29 is 20.1 Å². The fourth-order valence-electron chi connectivity index (χ4n) is 5.69. The summed E-state index contributed by atoms with van der Waals surface area (Å²) in [4.78, 5) is 19.5. The van der Waals surface area contributed by atoms with Gasteiger partial charge in [0.1, 0.15) is 5.82 Å². The van der Waals surface area contributed by atoms with Gasteiger partial charge in [-0.05, 0) is 41.6 Å². The summed E-state index contributed by atoms with van der Waals surface area (Å²) >= 11 is 3.87. The summed E-state index contributed by atoms with van der Waals surface area (Å²) < 4.78 is 0.989. The Morgan fingerprint density at radius 3 is 1.77 bits per heavy atom. The van der Waals surface area contributed by atoms with Crippen LogP contribution in [0.4, 0.5) is 0 Å². The third-order valence-electron chi connectivity index (χ3n) is 8.26. The molecule has 2 heterocycles. The minimum Gasteiger partial charge on any atom is -0.304 e. The van der Waals surface area contributed by atoms with Crippen LogP contribution < -0.4 is 0 Å². The molecule has 0 unspecified atom stereocenters. The molecular weight excluding hydrogens is 833 g/mol. The van der Waals surface area contributed by atoms with Gasteiger partial charge in [0.25, 0.3) is 0 Å². The molecule has 6 rings (SSSR count). The van der Waals surface area contributed by atoms with E-state index in [4.69, 9.17) is 19.9 Å². The van der Waals surface area contributed by atoms with E-state index in [0.29, 0.717) is 11.6 Å². The molecule has 2 aromatic heterocycles. The summed E-state index contributed by atoms with van der Waals surface area (Å²) in [6.45, 7) is 17.3. The largest absolute Gasteiger partial charge is 0.304 e. The van der Waals surface area contributed by atoms with Crippen molar-refractivity contribution in [2.24, 2.45) is 0 Å². The number of aryl methyl sites for hydroxylation is 2. The molecule has 0 saturated heterocycles. The maximum absolute atomic E-state index is 4.91. The number of benzene rings is 4. The van der Waals surface area contributed by atoms with Crippen molar-refractivity contribution in [1.82, 2.24) is 19.9 Å². The van der Waals surface area contributed by atoms with Crippen molar-refractivity contribution >= 4 is 15.9 Å². The number of nitrogens with zero attached hydrogens (tertiary/aromatic N) is 4. The Balaban J connectivity index is 0.00000451. The Kier molecular flexibility index (Phi) is 10.3. The summed E-state index contributed by atoms with van der Waals surface area (Å²) in [6, 6.07) is 35.4.